The molecular weight excluding hydrogens is 426 g/mol. The number of amides is 4. The van der Waals surface area contributed by atoms with E-state index in [2.05, 4.69) is 10.6 Å². The molecule has 3 rings (SSSR count). The zero-order valence-electron chi connectivity index (χ0n) is 19.6. The fourth-order valence-electron chi connectivity index (χ4n) is 4.13. The Morgan fingerprint density at radius 1 is 1.12 bits per heavy atom. The monoisotopic (exact) mass is 459 g/mol. The van der Waals surface area contributed by atoms with Gasteiger partial charge in [-0.1, -0.05) is 17.7 Å². The maximum Gasteiger partial charge on any atom is 0.409 e. The van der Waals surface area contributed by atoms with Gasteiger partial charge in [0, 0.05) is 45.0 Å². The van der Waals surface area contributed by atoms with Crippen LogP contribution in [0.25, 0.3) is 0 Å². The Bertz CT molecular complexity index is 897. The van der Waals surface area contributed by atoms with Gasteiger partial charge in [0.25, 0.3) is 0 Å². The van der Waals surface area contributed by atoms with Crippen molar-refractivity contribution >= 4 is 29.5 Å². The molecule has 0 spiro atoms. The number of hydrogen-bond acceptors (Lipinski definition) is 6. The molecule has 4 amide bonds. The van der Waals surface area contributed by atoms with Gasteiger partial charge in [-0.3, -0.25) is 19.3 Å². The maximum absolute atomic E-state index is 13.0. The van der Waals surface area contributed by atoms with E-state index in [1.807, 2.05) is 36.9 Å². The summed E-state index contributed by atoms with van der Waals surface area (Å²) in [5.74, 6) is -0.832. The SMILES string of the molecule is CCOC(=O)N1CCN(CC(=O)N2CCNC(=O)C2CC(=O)Nc2ccc(C)cc2C)CC1. The molecule has 0 bridgehead atoms. The van der Waals surface area contributed by atoms with Gasteiger partial charge in [0.15, 0.2) is 0 Å². The second-order valence-electron chi connectivity index (χ2n) is 8.43. The molecule has 180 valence electrons. The number of hydrogen-bond donors (Lipinski definition) is 2. The summed E-state index contributed by atoms with van der Waals surface area (Å²) in [5.41, 5.74) is 2.72. The lowest BCUT2D eigenvalue weighted by molar-refractivity contribution is -0.145. The van der Waals surface area contributed by atoms with Crippen molar-refractivity contribution in [3.8, 4) is 0 Å². The zero-order valence-corrected chi connectivity index (χ0v) is 19.6. The Balaban J connectivity index is 1.57. The van der Waals surface area contributed by atoms with Crippen molar-refractivity contribution in [1.82, 2.24) is 20.0 Å². The van der Waals surface area contributed by atoms with E-state index < -0.39 is 6.04 Å². The van der Waals surface area contributed by atoms with Crippen LogP contribution in [-0.4, -0.2) is 97.0 Å². The van der Waals surface area contributed by atoms with Crippen molar-refractivity contribution in [2.24, 2.45) is 0 Å². The largest absolute Gasteiger partial charge is 0.450 e. The predicted molar refractivity (Wildman–Crippen MR) is 123 cm³/mol. The third-order valence-corrected chi connectivity index (χ3v) is 5.94. The fraction of sp³-hybridized carbons (Fsp3) is 0.565. The van der Waals surface area contributed by atoms with E-state index in [0.29, 0.717) is 51.6 Å². The third kappa shape index (κ3) is 6.44. The molecule has 1 unspecified atom stereocenters. The Morgan fingerprint density at radius 2 is 1.85 bits per heavy atom. The van der Waals surface area contributed by atoms with E-state index in [0.717, 1.165) is 11.1 Å². The lowest BCUT2D eigenvalue weighted by Crippen LogP contribution is -2.60. The minimum Gasteiger partial charge on any atom is -0.450 e. The number of piperazine rings is 2. The molecule has 1 aromatic rings. The zero-order chi connectivity index (χ0) is 24.0. The van der Waals surface area contributed by atoms with Gasteiger partial charge in [-0.15, -0.1) is 0 Å². The van der Waals surface area contributed by atoms with E-state index >= 15 is 0 Å². The molecule has 2 aliphatic heterocycles. The molecule has 1 aromatic carbocycles. The molecular formula is C23H33N5O5. The number of rotatable bonds is 6. The van der Waals surface area contributed by atoms with Crippen molar-refractivity contribution in [2.45, 2.75) is 33.2 Å². The van der Waals surface area contributed by atoms with Crippen LogP contribution in [0.5, 0.6) is 0 Å². The van der Waals surface area contributed by atoms with E-state index in [1.54, 1.807) is 11.8 Å². The van der Waals surface area contributed by atoms with Crippen molar-refractivity contribution in [3.05, 3.63) is 29.3 Å². The normalized spacial score (nSPS) is 19.1. The van der Waals surface area contributed by atoms with Crippen LogP contribution in [-0.2, 0) is 19.1 Å². The number of carbonyl (C=O) groups excluding carboxylic acids is 4. The van der Waals surface area contributed by atoms with E-state index in [4.69, 9.17) is 4.74 Å². The number of aryl methyl sites for hydroxylation is 2. The van der Waals surface area contributed by atoms with Gasteiger partial charge in [0.05, 0.1) is 19.6 Å². The summed E-state index contributed by atoms with van der Waals surface area (Å²) in [6, 6.07) is 4.87. The van der Waals surface area contributed by atoms with Crippen LogP contribution in [0.4, 0.5) is 10.5 Å². The number of nitrogens with one attached hydrogen (secondary N) is 2. The van der Waals surface area contributed by atoms with E-state index in [-0.39, 0.29) is 36.8 Å². The van der Waals surface area contributed by atoms with Crippen LogP contribution in [0, 0.1) is 13.8 Å². The summed E-state index contributed by atoms with van der Waals surface area (Å²) >= 11 is 0. The predicted octanol–water partition coefficient (Wildman–Crippen LogP) is 0.733. The molecule has 1 atom stereocenters. The topological polar surface area (TPSA) is 111 Å². The maximum atomic E-state index is 13.0. The molecule has 2 aliphatic rings. The standard InChI is InChI=1S/C23H33N5O5/c1-4-33-23(32)27-11-9-26(10-12-27)15-21(30)28-8-7-24-22(31)19(28)14-20(29)25-18-6-5-16(2)13-17(18)3/h5-6,13,19H,4,7-12,14-15H2,1-3H3,(H,24,31)(H,25,29). The Hall–Kier alpha value is -3.14. The number of ether oxygens (including phenoxy) is 1. The molecule has 10 heteroatoms. The van der Waals surface area contributed by atoms with Gasteiger partial charge in [-0.2, -0.15) is 0 Å². The highest BCUT2D eigenvalue weighted by atomic mass is 16.6. The first-order chi connectivity index (χ1) is 15.8. The smallest absolute Gasteiger partial charge is 0.409 e. The average Bonchev–Trinajstić information content (AvgIpc) is 2.77. The van der Waals surface area contributed by atoms with Crippen LogP contribution in [0.15, 0.2) is 18.2 Å². The molecule has 2 fully saturated rings. The second kappa shape index (κ2) is 11.1. The summed E-state index contributed by atoms with van der Waals surface area (Å²) in [4.78, 5) is 55.2. The van der Waals surface area contributed by atoms with Gasteiger partial charge in [0.1, 0.15) is 6.04 Å². The van der Waals surface area contributed by atoms with Gasteiger partial charge in [0.2, 0.25) is 17.7 Å². The molecule has 2 saturated heterocycles. The van der Waals surface area contributed by atoms with Crippen LogP contribution >= 0.6 is 0 Å². The second-order valence-corrected chi connectivity index (χ2v) is 8.43. The van der Waals surface area contributed by atoms with E-state index in [9.17, 15) is 19.2 Å². The fourth-order valence-corrected chi connectivity index (χ4v) is 4.13. The highest BCUT2D eigenvalue weighted by Crippen LogP contribution is 2.18. The van der Waals surface area contributed by atoms with Crippen molar-refractivity contribution < 1.29 is 23.9 Å². The molecule has 2 N–H and O–H groups in total. The lowest BCUT2D eigenvalue weighted by atomic mass is 10.1. The first kappa shape index (κ1) is 24.5. The summed E-state index contributed by atoms with van der Waals surface area (Å²) in [6.07, 6.45) is -0.451. The molecule has 0 aliphatic carbocycles. The molecule has 10 nitrogen and oxygen atoms in total. The molecule has 0 saturated carbocycles. The number of carbonyl (C=O) groups is 4. The molecule has 33 heavy (non-hydrogen) atoms. The van der Waals surface area contributed by atoms with Crippen molar-refractivity contribution in [2.75, 3.05) is 57.7 Å². The molecule has 2 heterocycles. The Kier molecular flexibility index (Phi) is 8.26. The van der Waals surface area contributed by atoms with Gasteiger partial charge < -0.3 is 25.2 Å². The summed E-state index contributed by atoms with van der Waals surface area (Å²) in [5, 5.41) is 5.61. The van der Waals surface area contributed by atoms with Crippen LogP contribution < -0.4 is 10.6 Å². The highest BCUT2D eigenvalue weighted by Gasteiger charge is 2.35. The minimum absolute atomic E-state index is 0.110. The van der Waals surface area contributed by atoms with Crippen LogP contribution in [0.1, 0.15) is 24.5 Å². The minimum atomic E-state index is -0.849. The Labute approximate surface area is 194 Å². The van der Waals surface area contributed by atoms with Crippen LogP contribution in [0.2, 0.25) is 0 Å². The number of anilines is 1. The average molecular weight is 460 g/mol. The van der Waals surface area contributed by atoms with Crippen molar-refractivity contribution in [3.63, 3.8) is 0 Å². The van der Waals surface area contributed by atoms with Gasteiger partial charge in [-0.25, -0.2) is 4.79 Å². The van der Waals surface area contributed by atoms with Gasteiger partial charge >= 0.3 is 6.09 Å². The third-order valence-electron chi connectivity index (χ3n) is 5.94. The first-order valence-corrected chi connectivity index (χ1v) is 11.4. The Morgan fingerprint density at radius 3 is 2.52 bits per heavy atom. The van der Waals surface area contributed by atoms with Crippen molar-refractivity contribution in [1.29, 1.82) is 0 Å². The summed E-state index contributed by atoms with van der Waals surface area (Å²) < 4.78 is 5.02. The lowest BCUT2D eigenvalue weighted by Gasteiger charge is -2.38. The molecule has 0 radical (unpaired) electrons. The number of nitrogens with zero attached hydrogens (tertiary/aromatic N) is 3. The quantitative estimate of drug-likeness (QED) is 0.649. The van der Waals surface area contributed by atoms with E-state index in [1.165, 1.54) is 4.90 Å². The summed E-state index contributed by atoms with van der Waals surface area (Å²) in [7, 11) is 0. The van der Waals surface area contributed by atoms with Gasteiger partial charge in [-0.05, 0) is 32.4 Å². The highest BCUT2D eigenvalue weighted by molar-refractivity contribution is 5.98. The molecule has 0 aromatic heterocycles. The summed E-state index contributed by atoms with van der Waals surface area (Å²) in [6.45, 7) is 8.88. The van der Waals surface area contributed by atoms with Crippen LogP contribution in [0.3, 0.4) is 0 Å². The first-order valence-electron chi connectivity index (χ1n) is 11.4. The number of benzene rings is 1.